The van der Waals surface area contributed by atoms with Crippen LogP contribution in [0.4, 0.5) is 8.78 Å². The number of allylic oxidation sites excluding steroid dienone is 3. The van der Waals surface area contributed by atoms with Crippen molar-refractivity contribution in [2.24, 2.45) is 5.92 Å². The molecular formula is C30H39F2OW3-3. The van der Waals surface area contributed by atoms with E-state index in [0.29, 0.717) is 28.4 Å². The molecule has 200 valence electrons. The molecule has 0 fully saturated rings. The van der Waals surface area contributed by atoms with E-state index in [1.165, 1.54) is 18.7 Å². The summed E-state index contributed by atoms with van der Waals surface area (Å²) in [7, 11) is 0. The van der Waals surface area contributed by atoms with Crippen molar-refractivity contribution in [2.75, 3.05) is 0 Å². The van der Waals surface area contributed by atoms with Crippen LogP contribution in [-0.4, -0.2) is 0 Å². The molecule has 0 saturated heterocycles. The first-order valence-electron chi connectivity index (χ1n) is 10.7. The Labute approximate surface area is 263 Å². The second-order valence-electron chi connectivity index (χ2n) is 6.72. The van der Waals surface area contributed by atoms with E-state index >= 15 is 0 Å². The first-order valence-corrected chi connectivity index (χ1v) is 10.7. The van der Waals surface area contributed by atoms with Gasteiger partial charge in [0.2, 0.25) is 0 Å². The molecule has 2 aromatic carbocycles. The van der Waals surface area contributed by atoms with Crippen molar-refractivity contribution in [2.45, 2.75) is 54.9 Å². The number of benzene rings is 2. The van der Waals surface area contributed by atoms with Crippen molar-refractivity contribution in [1.82, 2.24) is 0 Å². The van der Waals surface area contributed by atoms with Crippen molar-refractivity contribution in [3.05, 3.63) is 111 Å². The zero-order chi connectivity index (χ0) is 24.4. The molecule has 0 spiro atoms. The zero-order valence-electron chi connectivity index (χ0n) is 21.1. The van der Waals surface area contributed by atoms with Gasteiger partial charge in [-0.25, -0.2) is 8.78 Å². The van der Waals surface area contributed by atoms with E-state index in [9.17, 15) is 8.78 Å². The van der Waals surface area contributed by atoms with Crippen LogP contribution in [0.15, 0.2) is 61.7 Å². The largest absolute Gasteiger partial charge is 2.00 e. The van der Waals surface area contributed by atoms with Crippen molar-refractivity contribution in [3.63, 3.8) is 0 Å². The fourth-order valence-electron chi connectivity index (χ4n) is 2.31. The van der Waals surface area contributed by atoms with Crippen molar-refractivity contribution >= 4 is 0 Å². The summed E-state index contributed by atoms with van der Waals surface area (Å²) in [6.45, 7) is 18.7. The maximum atomic E-state index is 13.7. The smallest absolute Gasteiger partial charge is 0.718 e. The Hall–Kier alpha value is -0.615. The van der Waals surface area contributed by atoms with Crippen molar-refractivity contribution in [3.8, 4) is 16.9 Å². The van der Waals surface area contributed by atoms with Crippen LogP contribution in [0.3, 0.4) is 0 Å². The molecule has 0 atom stereocenters. The van der Waals surface area contributed by atoms with Gasteiger partial charge in [-0.1, -0.05) is 38.1 Å². The quantitative estimate of drug-likeness (QED) is 0.180. The number of halogens is 2. The van der Waals surface area contributed by atoms with Crippen molar-refractivity contribution in [1.29, 1.82) is 0 Å². The van der Waals surface area contributed by atoms with Gasteiger partial charge in [0.15, 0.2) is 0 Å². The molecule has 1 nitrogen and oxygen atoms in total. The summed E-state index contributed by atoms with van der Waals surface area (Å²) in [5.74, 6) is 0.0665. The first kappa shape index (κ1) is 45.3. The van der Waals surface area contributed by atoms with E-state index in [1.807, 2.05) is 0 Å². The Morgan fingerprint density at radius 3 is 2.03 bits per heavy atom. The molecule has 6 heteroatoms. The van der Waals surface area contributed by atoms with Crippen LogP contribution in [0.2, 0.25) is 0 Å². The number of hydrogen-bond acceptors (Lipinski definition) is 1. The fourth-order valence-corrected chi connectivity index (χ4v) is 2.31. The van der Waals surface area contributed by atoms with Crippen LogP contribution in [0, 0.1) is 49.2 Å². The number of hydrogen-bond donors (Lipinski definition) is 0. The summed E-state index contributed by atoms with van der Waals surface area (Å²) in [5.41, 5.74) is 1.57. The monoisotopic (exact) mass is 1010 g/mol. The molecule has 0 heterocycles. The molecule has 0 bridgehead atoms. The van der Waals surface area contributed by atoms with E-state index in [4.69, 9.17) is 4.74 Å². The molecule has 0 saturated carbocycles. The van der Waals surface area contributed by atoms with E-state index in [2.05, 4.69) is 78.0 Å². The normalized spacial score (nSPS) is 9.00. The first-order chi connectivity index (χ1) is 15.4. The molecule has 0 unspecified atom stereocenters. The van der Waals surface area contributed by atoms with Gasteiger partial charge in [0, 0.05) is 53.8 Å². The van der Waals surface area contributed by atoms with Gasteiger partial charge in [-0.3, -0.25) is 6.58 Å². The van der Waals surface area contributed by atoms with Gasteiger partial charge in [0.25, 0.3) is 0 Å². The van der Waals surface area contributed by atoms with Crippen LogP contribution >= 0.6 is 0 Å². The predicted octanol–water partition coefficient (Wildman–Crippen LogP) is 9.56. The van der Waals surface area contributed by atoms with E-state index in [0.717, 1.165) is 18.9 Å². The third-order valence-corrected chi connectivity index (χ3v) is 4.37. The van der Waals surface area contributed by atoms with Crippen molar-refractivity contribution < 1.29 is 76.7 Å². The summed E-state index contributed by atoms with van der Waals surface area (Å²) >= 11 is 0. The molecule has 0 radical (unpaired) electrons. The average Bonchev–Trinajstić information content (AvgIpc) is 2.80. The third kappa shape index (κ3) is 19.5. The Balaban J connectivity index is -0.000000160. The maximum Gasteiger partial charge on any atom is 2.00 e. The zero-order valence-corrected chi connectivity index (χ0v) is 29.9. The second-order valence-corrected chi connectivity index (χ2v) is 6.72. The summed E-state index contributed by atoms with van der Waals surface area (Å²) in [5, 5.41) is 0. The molecule has 0 aliphatic carbocycles. The molecule has 2 rings (SSSR count). The van der Waals surface area contributed by atoms with Gasteiger partial charge in [-0.05, 0) is 24.3 Å². The van der Waals surface area contributed by atoms with Gasteiger partial charge in [0.05, 0.1) is 0 Å². The minimum absolute atomic E-state index is 0. The molecule has 0 aliphatic rings. The molecule has 0 aromatic heterocycles. The summed E-state index contributed by atoms with van der Waals surface area (Å²) < 4.78 is 31.9. The standard InChI is InChI=1S/C16H12F2O.C7H11.C6H12.CH4.3W/c1-3-11-9-12(5-8-16(11)19-4-2)14-7-6-13(17)10-15(14)18;1-3-5-7-6-4-2;1-4-6(3)5-2;;;;/h4-10H,1H2,2H3;6-7H,1,4-5H2,2H3;4-6H,1-3H3;1H4;;;/q-2;-1;-2;;;;+2/b;7-6-;;;;;. The Bertz CT molecular complexity index is 835. The summed E-state index contributed by atoms with van der Waals surface area (Å²) in [6, 6.07) is 8.58. The molecular weight excluding hydrogens is 966 g/mol. The third-order valence-electron chi connectivity index (χ3n) is 4.37. The molecule has 0 amide bonds. The summed E-state index contributed by atoms with van der Waals surface area (Å²) in [6.07, 6.45) is 16.0. The molecule has 0 N–H and O–H groups in total. The van der Waals surface area contributed by atoms with Gasteiger partial charge >= 0.3 is 21.1 Å². The van der Waals surface area contributed by atoms with Gasteiger partial charge in [-0.15, -0.1) is 13.0 Å². The van der Waals surface area contributed by atoms with Crippen LogP contribution in [-0.2, 0) is 63.2 Å². The molecule has 2 aromatic rings. The Kier molecular flexibility index (Phi) is 36.4. The van der Waals surface area contributed by atoms with E-state index < -0.39 is 11.6 Å². The van der Waals surface area contributed by atoms with E-state index in [-0.39, 0.29) is 70.6 Å². The van der Waals surface area contributed by atoms with Crippen LogP contribution in [0.1, 0.15) is 60.5 Å². The van der Waals surface area contributed by atoms with Crippen LogP contribution in [0.25, 0.3) is 11.1 Å². The Morgan fingerprint density at radius 2 is 1.61 bits per heavy atom. The Morgan fingerprint density at radius 1 is 1.00 bits per heavy atom. The minimum Gasteiger partial charge on any atom is -0.718 e. The van der Waals surface area contributed by atoms with Gasteiger partial charge in [0.1, 0.15) is 11.6 Å². The topological polar surface area (TPSA) is 9.23 Å². The van der Waals surface area contributed by atoms with Crippen LogP contribution < -0.4 is 4.74 Å². The van der Waals surface area contributed by atoms with Gasteiger partial charge < -0.3 is 29.6 Å². The fraction of sp³-hybridized carbons (Fsp3) is 0.300. The maximum absolute atomic E-state index is 13.7. The number of rotatable bonds is 9. The second kappa shape index (κ2) is 28.9. The van der Waals surface area contributed by atoms with E-state index in [1.54, 1.807) is 25.1 Å². The van der Waals surface area contributed by atoms with Crippen LogP contribution in [0.5, 0.6) is 5.75 Å². The van der Waals surface area contributed by atoms with Gasteiger partial charge in [-0.2, -0.15) is 58.1 Å². The number of ether oxygens (including phenoxy) is 1. The predicted molar refractivity (Wildman–Crippen MR) is 139 cm³/mol. The minimum atomic E-state index is -0.606. The molecule has 36 heavy (non-hydrogen) atoms. The average molecular weight is 1010 g/mol. The SMILES string of the molecule is C.C=[C-]C/C=C\CC.C=[C-]c1cc(-c2ccc(F)cc2F)ccc1O[CH-]C.C[CH-]C(C)[CH-]C.[W+2].[W].[W]. The molecule has 0 aliphatic heterocycles. The summed E-state index contributed by atoms with van der Waals surface area (Å²) in [4.78, 5) is 0.